The smallest absolute Gasteiger partial charge is 0.143 e. The van der Waals surface area contributed by atoms with Crippen molar-refractivity contribution in [2.24, 2.45) is 0 Å². The lowest BCUT2D eigenvalue weighted by Gasteiger charge is -2.33. The summed E-state index contributed by atoms with van der Waals surface area (Å²) in [6.45, 7) is 3.95. The monoisotopic (exact) mass is 517 g/mol. The number of tetrazole rings is 1. The molecule has 1 N–H and O–H groups in total. The zero-order chi connectivity index (χ0) is 26.7. The lowest BCUT2D eigenvalue weighted by molar-refractivity contribution is -0.0185. The Labute approximate surface area is 217 Å². The standard InChI is InChI=1S/C28H25F2N5O3/c1-18-3-5-20(6-4-18)15-37-23-10-7-21(8-11-23)26-14-27(38-32-26)19(2)28(36,16-35-17-31-33-34-35)24-12-9-22(29)13-25(24)30/h3-14,17,19,36H,15-16H2,1-2H3/t19-,28+/m0/s1. The van der Waals surface area contributed by atoms with Crippen LogP contribution in [-0.2, 0) is 18.8 Å². The van der Waals surface area contributed by atoms with E-state index in [1.165, 1.54) is 22.6 Å². The molecule has 0 radical (unpaired) electrons. The molecule has 0 fully saturated rings. The molecule has 0 saturated heterocycles. The van der Waals surface area contributed by atoms with Crippen molar-refractivity contribution in [3.8, 4) is 17.0 Å². The van der Waals surface area contributed by atoms with Crippen LogP contribution >= 0.6 is 0 Å². The Bertz CT molecular complexity index is 1500. The van der Waals surface area contributed by atoms with E-state index in [2.05, 4.69) is 20.7 Å². The molecule has 8 nitrogen and oxygen atoms in total. The average molecular weight is 518 g/mol. The van der Waals surface area contributed by atoms with Gasteiger partial charge in [0.2, 0.25) is 0 Å². The molecular formula is C28H25F2N5O3. The number of benzene rings is 3. The van der Waals surface area contributed by atoms with Gasteiger partial charge in [-0.15, -0.1) is 5.10 Å². The molecule has 2 atom stereocenters. The predicted molar refractivity (Wildman–Crippen MR) is 134 cm³/mol. The first kappa shape index (κ1) is 25.2. The third-order valence-corrected chi connectivity index (χ3v) is 6.54. The van der Waals surface area contributed by atoms with Crippen molar-refractivity contribution in [3.63, 3.8) is 0 Å². The third-order valence-electron chi connectivity index (χ3n) is 6.54. The summed E-state index contributed by atoms with van der Waals surface area (Å²) in [6, 6.07) is 20.2. The van der Waals surface area contributed by atoms with Gasteiger partial charge in [-0.2, -0.15) is 0 Å². The average Bonchev–Trinajstić information content (AvgIpc) is 3.61. The molecule has 0 aliphatic heterocycles. The molecule has 2 aromatic heterocycles. The number of nitrogens with zero attached hydrogens (tertiary/aromatic N) is 5. The van der Waals surface area contributed by atoms with E-state index in [1.54, 1.807) is 13.0 Å². The van der Waals surface area contributed by atoms with Crippen LogP contribution in [0.1, 0.15) is 35.3 Å². The first-order valence-electron chi connectivity index (χ1n) is 12.0. The third kappa shape index (κ3) is 5.30. The van der Waals surface area contributed by atoms with Gasteiger partial charge >= 0.3 is 0 Å². The molecule has 0 amide bonds. The lowest BCUT2D eigenvalue weighted by atomic mass is 9.80. The summed E-state index contributed by atoms with van der Waals surface area (Å²) in [5, 5.41) is 26.8. The van der Waals surface area contributed by atoms with Crippen molar-refractivity contribution in [1.82, 2.24) is 25.4 Å². The molecule has 0 saturated carbocycles. The van der Waals surface area contributed by atoms with Crippen LogP contribution in [0.4, 0.5) is 8.78 Å². The molecule has 194 valence electrons. The van der Waals surface area contributed by atoms with Crippen LogP contribution in [0.5, 0.6) is 5.75 Å². The summed E-state index contributed by atoms with van der Waals surface area (Å²) in [4.78, 5) is 0. The highest BCUT2D eigenvalue weighted by atomic mass is 19.1. The van der Waals surface area contributed by atoms with Crippen molar-refractivity contribution < 1.29 is 23.1 Å². The van der Waals surface area contributed by atoms with Gasteiger partial charge in [-0.05, 0) is 53.2 Å². The Morgan fingerprint density at radius 2 is 1.79 bits per heavy atom. The molecule has 3 aromatic carbocycles. The molecular weight excluding hydrogens is 492 g/mol. The molecule has 10 heteroatoms. The zero-order valence-corrected chi connectivity index (χ0v) is 20.8. The van der Waals surface area contributed by atoms with E-state index in [9.17, 15) is 13.9 Å². The van der Waals surface area contributed by atoms with Gasteiger partial charge in [-0.1, -0.05) is 48.0 Å². The van der Waals surface area contributed by atoms with Gasteiger partial charge in [0, 0.05) is 23.3 Å². The number of aliphatic hydroxyl groups is 1. The van der Waals surface area contributed by atoms with Crippen LogP contribution in [-0.4, -0.2) is 30.5 Å². The van der Waals surface area contributed by atoms with Crippen molar-refractivity contribution in [2.75, 3.05) is 0 Å². The zero-order valence-electron chi connectivity index (χ0n) is 20.8. The van der Waals surface area contributed by atoms with E-state index >= 15 is 0 Å². The summed E-state index contributed by atoms with van der Waals surface area (Å²) in [5.74, 6) is -1.44. The van der Waals surface area contributed by atoms with Crippen LogP contribution in [0.15, 0.2) is 83.6 Å². The van der Waals surface area contributed by atoms with Crippen LogP contribution < -0.4 is 4.74 Å². The summed E-state index contributed by atoms with van der Waals surface area (Å²) in [5.41, 5.74) is 1.57. The fourth-order valence-electron chi connectivity index (χ4n) is 4.23. The highest BCUT2D eigenvalue weighted by Gasteiger charge is 2.42. The minimum atomic E-state index is -1.88. The van der Waals surface area contributed by atoms with Crippen molar-refractivity contribution >= 4 is 0 Å². The van der Waals surface area contributed by atoms with Crippen LogP contribution in [0.25, 0.3) is 11.3 Å². The van der Waals surface area contributed by atoms with Gasteiger partial charge in [0.1, 0.15) is 47.4 Å². The van der Waals surface area contributed by atoms with Crippen molar-refractivity contribution in [2.45, 2.75) is 38.5 Å². The summed E-state index contributed by atoms with van der Waals surface area (Å²) < 4.78 is 41.2. The van der Waals surface area contributed by atoms with Gasteiger partial charge in [-0.3, -0.25) is 0 Å². The minimum Gasteiger partial charge on any atom is -0.489 e. The Hall–Kier alpha value is -4.44. The second kappa shape index (κ2) is 10.5. The van der Waals surface area contributed by atoms with E-state index < -0.39 is 23.2 Å². The highest BCUT2D eigenvalue weighted by molar-refractivity contribution is 5.60. The topological polar surface area (TPSA) is 99.1 Å². The number of hydrogen-bond donors (Lipinski definition) is 1. The summed E-state index contributed by atoms with van der Waals surface area (Å²) in [6.07, 6.45) is 1.30. The molecule has 5 rings (SSSR count). The molecule has 0 spiro atoms. The first-order valence-corrected chi connectivity index (χ1v) is 12.0. The van der Waals surface area contributed by atoms with Crippen molar-refractivity contribution in [1.29, 1.82) is 0 Å². The molecule has 0 aliphatic carbocycles. The number of halogens is 2. The molecule has 0 unspecified atom stereocenters. The maximum atomic E-state index is 14.8. The van der Waals surface area contributed by atoms with Gasteiger partial charge < -0.3 is 14.4 Å². The van der Waals surface area contributed by atoms with E-state index in [-0.39, 0.29) is 12.1 Å². The first-order chi connectivity index (χ1) is 18.3. The second-order valence-electron chi connectivity index (χ2n) is 9.19. The van der Waals surface area contributed by atoms with Crippen molar-refractivity contribution in [3.05, 3.63) is 113 Å². The maximum Gasteiger partial charge on any atom is 0.143 e. The molecule has 0 aliphatic rings. The predicted octanol–water partition coefficient (Wildman–Crippen LogP) is 5.19. The van der Waals surface area contributed by atoms with Crippen LogP contribution in [0, 0.1) is 18.6 Å². The lowest BCUT2D eigenvalue weighted by Crippen LogP contribution is -2.38. The second-order valence-corrected chi connectivity index (χ2v) is 9.19. The fourth-order valence-corrected chi connectivity index (χ4v) is 4.23. The van der Waals surface area contributed by atoms with Gasteiger partial charge in [-0.25, -0.2) is 13.5 Å². The largest absolute Gasteiger partial charge is 0.489 e. The van der Waals surface area contributed by atoms with E-state index in [4.69, 9.17) is 9.26 Å². The van der Waals surface area contributed by atoms with Crippen LogP contribution in [0.3, 0.4) is 0 Å². The molecule has 38 heavy (non-hydrogen) atoms. The fraction of sp³-hybridized carbons (Fsp3) is 0.214. The number of rotatable bonds is 9. The Balaban J connectivity index is 1.36. The van der Waals surface area contributed by atoms with Gasteiger partial charge in [0.05, 0.1) is 12.5 Å². The van der Waals surface area contributed by atoms with Crippen LogP contribution in [0.2, 0.25) is 0 Å². The Morgan fingerprint density at radius 1 is 1.03 bits per heavy atom. The summed E-state index contributed by atoms with van der Waals surface area (Å²) >= 11 is 0. The normalized spacial score (nSPS) is 13.7. The number of ether oxygens (including phenoxy) is 1. The highest BCUT2D eigenvalue weighted by Crippen LogP contribution is 2.40. The number of aromatic nitrogens is 5. The SMILES string of the molecule is Cc1ccc(COc2ccc(-c3cc([C@H](C)[C@](O)(Cn4cnnn4)c4ccc(F)cc4F)on3)cc2)cc1. The molecule has 5 aromatic rings. The number of aryl methyl sites for hydroxylation is 1. The van der Waals surface area contributed by atoms with E-state index in [1.807, 2.05) is 55.5 Å². The molecule has 2 heterocycles. The maximum absolute atomic E-state index is 14.8. The van der Waals surface area contributed by atoms with E-state index in [0.29, 0.717) is 23.8 Å². The van der Waals surface area contributed by atoms with Gasteiger partial charge in [0.25, 0.3) is 0 Å². The molecule has 0 bridgehead atoms. The Kier molecular flexibility index (Phi) is 6.97. The minimum absolute atomic E-state index is 0.116. The quantitative estimate of drug-likeness (QED) is 0.287. The number of hydrogen-bond acceptors (Lipinski definition) is 7. The Morgan fingerprint density at radius 3 is 2.47 bits per heavy atom. The van der Waals surface area contributed by atoms with E-state index in [0.717, 1.165) is 23.3 Å². The summed E-state index contributed by atoms with van der Waals surface area (Å²) in [7, 11) is 0. The van der Waals surface area contributed by atoms with Gasteiger partial charge in [0.15, 0.2) is 0 Å².